The summed E-state index contributed by atoms with van der Waals surface area (Å²) in [5.41, 5.74) is 0.611. The monoisotopic (exact) mass is 449 g/mol. The van der Waals surface area contributed by atoms with E-state index in [4.69, 9.17) is 18.9 Å². The van der Waals surface area contributed by atoms with E-state index < -0.39 is 5.92 Å². The molecule has 0 saturated carbocycles. The summed E-state index contributed by atoms with van der Waals surface area (Å²) in [6.45, 7) is 8.56. The molecule has 9 heteroatoms. The highest BCUT2D eigenvalue weighted by atomic mass is 16.5. The molecule has 9 nitrogen and oxygen atoms in total. The van der Waals surface area contributed by atoms with Crippen molar-refractivity contribution < 1.29 is 28.5 Å². The molecule has 1 aromatic rings. The van der Waals surface area contributed by atoms with Crippen LogP contribution >= 0.6 is 0 Å². The molecule has 32 heavy (non-hydrogen) atoms. The average Bonchev–Trinajstić information content (AvgIpc) is 3.17. The third-order valence-corrected chi connectivity index (χ3v) is 5.81. The predicted molar refractivity (Wildman–Crippen MR) is 121 cm³/mol. The van der Waals surface area contributed by atoms with E-state index in [1.165, 1.54) is 21.3 Å². The van der Waals surface area contributed by atoms with E-state index in [2.05, 4.69) is 24.1 Å². The highest BCUT2D eigenvalue weighted by molar-refractivity contribution is 6.00. The van der Waals surface area contributed by atoms with Crippen molar-refractivity contribution in [2.45, 2.75) is 26.4 Å². The number of morpholine rings is 1. The maximum absolute atomic E-state index is 12.8. The quantitative estimate of drug-likeness (QED) is 0.612. The molecule has 2 aliphatic heterocycles. The van der Waals surface area contributed by atoms with Gasteiger partial charge in [-0.2, -0.15) is 0 Å². The third-order valence-electron chi connectivity index (χ3n) is 5.81. The van der Waals surface area contributed by atoms with Crippen LogP contribution in [-0.2, 0) is 14.3 Å². The molecule has 178 valence electrons. The van der Waals surface area contributed by atoms with Gasteiger partial charge < -0.3 is 29.2 Å². The lowest BCUT2D eigenvalue weighted by Crippen LogP contribution is -2.49. The second-order valence-corrected chi connectivity index (χ2v) is 8.68. The first kappa shape index (κ1) is 24.1. The molecule has 3 rings (SSSR count). The van der Waals surface area contributed by atoms with Gasteiger partial charge in [0.05, 0.1) is 45.6 Å². The Morgan fingerprint density at radius 1 is 1.16 bits per heavy atom. The first-order valence-electron chi connectivity index (χ1n) is 11.1. The summed E-state index contributed by atoms with van der Waals surface area (Å²) in [7, 11) is 4.58. The first-order valence-corrected chi connectivity index (χ1v) is 11.1. The minimum Gasteiger partial charge on any atom is -0.493 e. The van der Waals surface area contributed by atoms with Crippen molar-refractivity contribution >= 4 is 17.5 Å². The summed E-state index contributed by atoms with van der Waals surface area (Å²) in [5, 5.41) is 2.99. The van der Waals surface area contributed by atoms with Gasteiger partial charge >= 0.3 is 0 Å². The van der Waals surface area contributed by atoms with Crippen molar-refractivity contribution in [3.63, 3.8) is 0 Å². The Morgan fingerprint density at radius 3 is 2.44 bits per heavy atom. The molecule has 0 aliphatic carbocycles. The molecule has 2 heterocycles. The molecule has 0 bridgehead atoms. The molecule has 0 aromatic heterocycles. The van der Waals surface area contributed by atoms with Crippen molar-refractivity contribution in [2.75, 3.05) is 65.6 Å². The van der Waals surface area contributed by atoms with Crippen molar-refractivity contribution in [1.29, 1.82) is 0 Å². The number of methoxy groups -OCH3 is 3. The minimum atomic E-state index is -0.419. The van der Waals surface area contributed by atoms with Gasteiger partial charge in [0, 0.05) is 51.3 Å². The van der Waals surface area contributed by atoms with Gasteiger partial charge in [-0.1, -0.05) is 13.8 Å². The Hall–Kier alpha value is -2.52. The number of nitrogens with one attached hydrogen (secondary N) is 1. The van der Waals surface area contributed by atoms with Gasteiger partial charge in [0.15, 0.2) is 11.5 Å². The van der Waals surface area contributed by atoms with Crippen LogP contribution in [0, 0.1) is 11.8 Å². The number of ether oxygens (including phenoxy) is 4. The standard InChI is InChI=1S/C23H35N3O6/c1-15(2)12-25-6-7-32-18(14-25)11-24-23(28)16-8-21(27)26(13-16)17-9-19(29-3)22(31-5)20(10-17)30-4/h9-10,15-16,18H,6-8,11-14H2,1-5H3,(H,24,28). The maximum atomic E-state index is 12.8. The van der Waals surface area contributed by atoms with Crippen LogP contribution in [0.3, 0.4) is 0 Å². The first-order chi connectivity index (χ1) is 15.4. The number of amides is 2. The molecule has 2 unspecified atom stereocenters. The van der Waals surface area contributed by atoms with Crippen molar-refractivity contribution in [3.8, 4) is 17.2 Å². The molecular weight excluding hydrogens is 414 g/mol. The summed E-state index contributed by atoms with van der Waals surface area (Å²) in [4.78, 5) is 29.4. The second kappa shape index (κ2) is 10.9. The van der Waals surface area contributed by atoms with E-state index in [0.29, 0.717) is 48.6 Å². The summed E-state index contributed by atoms with van der Waals surface area (Å²) in [6.07, 6.45) is 0.128. The highest BCUT2D eigenvalue weighted by Gasteiger charge is 2.36. The van der Waals surface area contributed by atoms with Gasteiger partial charge in [0.2, 0.25) is 17.6 Å². The van der Waals surface area contributed by atoms with Crippen LogP contribution in [0.2, 0.25) is 0 Å². The van der Waals surface area contributed by atoms with Crippen LogP contribution in [0.4, 0.5) is 5.69 Å². The smallest absolute Gasteiger partial charge is 0.227 e. The van der Waals surface area contributed by atoms with E-state index >= 15 is 0 Å². The van der Waals surface area contributed by atoms with E-state index in [9.17, 15) is 9.59 Å². The fourth-order valence-electron chi connectivity index (χ4n) is 4.30. The fourth-order valence-corrected chi connectivity index (χ4v) is 4.30. The van der Waals surface area contributed by atoms with E-state index in [1.54, 1.807) is 17.0 Å². The normalized spacial score (nSPS) is 21.7. The number of hydrogen-bond donors (Lipinski definition) is 1. The van der Waals surface area contributed by atoms with Gasteiger partial charge in [-0.25, -0.2) is 0 Å². The van der Waals surface area contributed by atoms with Crippen LogP contribution in [0.15, 0.2) is 12.1 Å². The molecule has 1 aromatic carbocycles. The molecule has 2 saturated heterocycles. The summed E-state index contributed by atoms with van der Waals surface area (Å²) < 4.78 is 21.9. The number of carbonyl (C=O) groups excluding carboxylic acids is 2. The van der Waals surface area contributed by atoms with Gasteiger partial charge in [-0.15, -0.1) is 0 Å². The van der Waals surface area contributed by atoms with Crippen LogP contribution in [-0.4, -0.2) is 83.5 Å². The second-order valence-electron chi connectivity index (χ2n) is 8.68. The molecule has 0 spiro atoms. The molecule has 2 amide bonds. The molecule has 1 N–H and O–H groups in total. The lowest BCUT2D eigenvalue weighted by molar-refractivity contribution is -0.127. The van der Waals surface area contributed by atoms with Crippen molar-refractivity contribution in [2.24, 2.45) is 11.8 Å². The zero-order valence-electron chi connectivity index (χ0n) is 19.7. The van der Waals surface area contributed by atoms with Gasteiger partial charge in [-0.05, 0) is 5.92 Å². The highest BCUT2D eigenvalue weighted by Crippen LogP contribution is 2.42. The lowest BCUT2D eigenvalue weighted by Gasteiger charge is -2.34. The van der Waals surface area contributed by atoms with Crippen LogP contribution < -0.4 is 24.4 Å². The SMILES string of the molecule is COc1cc(N2CC(C(=O)NCC3CN(CC(C)C)CCO3)CC2=O)cc(OC)c1OC. The van der Waals surface area contributed by atoms with Crippen molar-refractivity contribution in [1.82, 2.24) is 10.2 Å². The average molecular weight is 450 g/mol. The van der Waals surface area contributed by atoms with E-state index in [1.807, 2.05) is 0 Å². The Balaban J connectivity index is 1.60. The van der Waals surface area contributed by atoms with Crippen molar-refractivity contribution in [3.05, 3.63) is 12.1 Å². The number of benzene rings is 1. The zero-order valence-corrected chi connectivity index (χ0v) is 19.7. The largest absolute Gasteiger partial charge is 0.493 e. The zero-order chi connectivity index (χ0) is 23.3. The predicted octanol–water partition coefficient (Wildman–Crippen LogP) is 1.54. The maximum Gasteiger partial charge on any atom is 0.227 e. The summed E-state index contributed by atoms with van der Waals surface area (Å²) in [6, 6.07) is 3.44. The van der Waals surface area contributed by atoms with E-state index in [-0.39, 0.29) is 24.3 Å². The minimum absolute atomic E-state index is 0.0326. The molecule has 0 radical (unpaired) electrons. The molecular formula is C23H35N3O6. The van der Waals surface area contributed by atoms with Gasteiger partial charge in [0.1, 0.15) is 0 Å². The number of carbonyl (C=O) groups is 2. The Morgan fingerprint density at radius 2 is 1.84 bits per heavy atom. The number of nitrogens with zero attached hydrogens (tertiary/aromatic N) is 2. The molecule has 2 fully saturated rings. The van der Waals surface area contributed by atoms with Gasteiger partial charge in [-0.3, -0.25) is 14.5 Å². The van der Waals surface area contributed by atoms with Crippen LogP contribution in [0.25, 0.3) is 0 Å². The molecule has 2 atom stereocenters. The number of anilines is 1. The summed E-state index contributed by atoms with van der Waals surface area (Å²) in [5.74, 6) is 1.31. The lowest BCUT2D eigenvalue weighted by atomic mass is 10.1. The van der Waals surface area contributed by atoms with E-state index in [0.717, 1.165) is 19.6 Å². The summed E-state index contributed by atoms with van der Waals surface area (Å²) >= 11 is 0. The number of rotatable bonds is 9. The number of hydrogen-bond acceptors (Lipinski definition) is 7. The third kappa shape index (κ3) is 5.63. The molecule has 2 aliphatic rings. The Kier molecular flexibility index (Phi) is 8.20. The Labute approximate surface area is 189 Å². The van der Waals surface area contributed by atoms with Gasteiger partial charge in [0.25, 0.3) is 0 Å². The van der Waals surface area contributed by atoms with Crippen LogP contribution in [0.5, 0.6) is 17.2 Å². The fraction of sp³-hybridized carbons (Fsp3) is 0.652. The Bertz CT molecular complexity index is 790. The van der Waals surface area contributed by atoms with Crippen LogP contribution in [0.1, 0.15) is 20.3 Å². The topological polar surface area (TPSA) is 89.6 Å².